The number of rotatable bonds is 2. The van der Waals surface area contributed by atoms with Crippen LogP contribution in [0.2, 0.25) is 0 Å². The largest absolute Gasteiger partial charge is 0.462 e. The summed E-state index contributed by atoms with van der Waals surface area (Å²) in [4.78, 5) is 11.7. The quantitative estimate of drug-likeness (QED) is 0.777. The van der Waals surface area contributed by atoms with E-state index in [0.717, 1.165) is 25.7 Å². The van der Waals surface area contributed by atoms with Crippen LogP contribution in [0.4, 0.5) is 0 Å². The van der Waals surface area contributed by atoms with Crippen LogP contribution in [0, 0.1) is 5.92 Å². The Hall–Kier alpha value is -0.280. The number of esters is 1. The highest BCUT2D eigenvalue weighted by Gasteiger charge is 2.41. The van der Waals surface area contributed by atoms with Gasteiger partial charge in [0.1, 0.15) is 6.10 Å². The van der Waals surface area contributed by atoms with Gasteiger partial charge in [-0.2, -0.15) is 0 Å². The zero-order valence-corrected chi connectivity index (χ0v) is 12.0. The van der Waals surface area contributed by atoms with Crippen LogP contribution in [0.25, 0.3) is 0 Å². The molecule has 2 rings (SSSR count). The fourth-order valence-electron chi connectivity index (χ4n) is 2.89. The second-order valence-corrected chi connectivity index (χ2v) is 6.63. The summed E-state index contributed by atoms with van der Waals surface area (Å²) in [6, 6.07) is 0. The predicted molar refractivity (Wildman–Crippen MR) is 70.4 cm³/mol. The predicted octanol–water partition coefficient (Wildman–Crippen LogP) is 2.67. The minimum atomic E-state index is 0. The van der Waals surface area contributed by atoms with Crippen LogP contribution in [-0.2, 0) is 9.53 Å². The van der Waals surface area contributed by atoms with E-state index < -0.39 is 0 Å². The maximum atomic E-state index is 11.7. The molecule has 0 aromatic carbocycles. The maximum absolute atomic E-state index is 11.7. The van der Waals surface area contributed by atoms with Crippen LogP contribution in [0.5, 0.6) is 0 Å². The first-order chi connectivity index (χ1) is 7.27. The van der Waals surface area contributed by atoms with Crippen LogP contribution in [0.15, 0.2) is 0 Å². The van der Waals surface area contributed by atoms with Crippen LogP contribution in [0.3, 0.4) is 0 Å². The van der Waals surface area contributed by atoms with E-state index in [-0.39, 0.29) is 41.5 Å². The van der Waals surface area contributed by atoms with Crippen molar-refractivity contribution in [1.29, 1.82) is 0 Å². The van der Waals surface area contributed by atoms with Gasteiger partial charge in [-0.05, 0) is 40.5 Å². The lowest BCUT2D eigenvalue weighted by molar-refractivity contribution is -0.154. The standard InChI is InChI=1S/C13H23NO2.ClH/c1-12(2)7-10(8-13(3,4)14-12)16-11(15)9-5-6-9;/h9-10,14H,5-8H2,1-4H3;1H. The summed E-state index contributed by atoms with van der Waals surface area (Å²) < 4.78 is 5.61. The van der Waals surface area contributed by atoms with Crippen molar-refractivity contribution in [3.63, 3.8) is 0 Å². The third-order valence-electron chi connectivity index (χ3n) is 3.35. The topological polar surface area (TPSA) is 38.3 Å². The highest BCUT2D eigenvalue weighted by molar-refractivity contribution is 5.85. The van der Waals surface area contributed by atoms with Gasteiger partial charge in [0.05, 0.1) is 5.92 Å². The van der Waals surface area contributed by atoms with Crippen molar-refractivity contribution in [2.45, 2.75) is 70.6 Å². The molecule has 0 amide bonds. The molecular formula is C13H24ClNO2. The second kappa shape index (κ2) is 4.77. The molecule has 0 spiro atoms. The highest BCUT2D eigenvalue weighted by Crippen LogP contribution is 2.34. The molecule has 1 saturated carbocycles. The van der Waals surface area contributed by atoms with Gasteiger partial charge in [0.2, 0.25) is 0 Å². The van der Waals surface area contributed by atoms with Gasteiger partial charge in [0.25, 0.3) is 0 Å². The van der Waals surface area contributed by atoms with Crippen molar-refractivity contribution < 1.29 is 9.53 Å². The van der Waals surface area contributed by atoms with Crippen molar-refractivity contribution in [2.75, 3.05) is 0 Å². The Kier molecular flexibility index (Phi) is 4.15. The summed E-state index contributed by atoms with van der Waals surface area (Å²) in [6.45, 7) is 8.69. The molecule has 1 saturated heterocycles. The molecule has 4 heteroatoms. The molecule has 0 atom stereocenters. The van der Waals surface area contributed by atoms with E-state index in [2.05, 4.69) is 33.0 Å². The molecule has 2 fully saturated rings. The van der Waals surface area contributed by atoms with Gasteiger partial charge >= 0.3 is 5.97 Å². The summed E-state index contributed by atoms with van der Waals surface area (Å²) in [6.07, 6.45) is 3.95. The molecule has 0 aromatic rings. The Morgan fingerprint density at radius 2 is 1.59 bits per heavy atom. The lowest BCUT2D eigenvalue weighted by Gasteiger charge is -2.45. The molecule has 1 aliphatic carbocycles. The van der Waals surface area contributed by atoms with Crippen molar-refractivity contribution >= 4 is 18.4 Å². The van der Waals surface area contributed by atoms with Gasteiger partial charge in [0.15, 0.2) is 0 Å². The lowest BCUT2D eigenvalue weighted by atomic mass is 9.81. The fraction of sp³-hybridized carbons (Fsp3) is 0.923. The summed E-state index contributed by atoms with van der Waals surface area (Å²) in [5.74, 6) is 0.236. The Morgan fingerprint density at radius 1 is 1.12 bits per heavy atom. The number of hydrogen-bond donors (Lipinski definition) is 1. The molecule has 17 heavy (non-hydrogen) atoms. The fourth-order valence-corrected chi connectivity index (χ4v) is 2.89. The summed E-state index contributed by atoms with van der Waals surface area (Å²) in [7, 11) is 0. The van der Waals surface area contributed by atoms with Crippen LogP contribution in [-0.4, -0.2) is 23.2 Å². The monoisotopic (exact) mass is 261 g/mol. The zero-order chi connectivity index (χ0) is 12.0. The molecule has 1 aliphatic heterocycles. The van der Waals surface area contributed by atoms with Crippen molar-refractivity contribution in [3.8, 4) is 0 Å². The molecule has 0 aromatic heterocycles. The van der Waals surface area contributed by atoms with Crippen molar-refractivity contribution in [2.24, 2.45) is 5.92 Å². The number of carbonyl (C=O) groups excluding carboxylic acids is 1. The van der Waals surface area contributed by atoms with Gasteiger partial charge in [-0.1, -0.05) is 0 Å². The normalized spacial score (nSPS) is 27.1. The van der Waals surface area contributed by atoms with E-state index in [1.165, 1.54) is 0 Å². The average molecular weight is 262 g/mol. The van der Waals surface area contributed by atoms with E-state index in [1.54, 1.807) is 0 Å². The highest BCUT2D eigenvalue weighted by atomic mass is 35.5. The van der Waals surface area contributed by atoms with Gasteiger partial charge in [0, 0.05) is 23.9 Å². The van der Waals surface area contributed by atoms with Crippen LogP contribution >= 0.6 is 12.4 Å². The summed E-state index contributed by atoms with van der Waals surface area (Å²) >= 11 is 0. The Labute approximate surface area is 110 Å². The van der Waals surface area contributed by atoms with Gasteiger partial charge in [-0.15, -0.1) is 12.4 Å². The Morgan fingerprint density at radius 3 is 2.00 bits per heavy atom. The average Bonchev–Trinajstić information content (AvgIpc) is 2.77. The number of ether oxygens (including phenoxy) is 1. The first-order valence-corrected chi connectivity index (χ1v) is 6.27. The molecule has 100 valence electrons. The van der Waals surface area contributed by atoms with Crippen LogP contribution in [0.1, 0.15) is 53.4 Å². The van der Waals surface area contributed by atoms with E-state index >= 15 is 0 Å². The summed E-state index contributed by atoms with van der Waals surface area (Å²) in [5, 5.41) is 3.59. The number of carbonyl (C=O) groups is 1. The number of nitrogens with one attached hydrogen (secondary N) is 1. The van der Waals surface area contributed by atoms with E-state index in [0.29, 0.717) is 0 Å². The third kappa shape index (κ3) is 4.14. The molecular weight excluding hydrogens is 238 g/mol. The van der Waals surface area contributed by atoms with E-state index in [1.807, 2.05) is 0 Å². The molecule has 1 heterocycles. The third-order valence-corrected chi connectivity index (χ3v) is 3.35. The lowest BCUT2D eigenvalue weighted by Crippen LogP contribution is -2.59. The van der Waals surface area contributed by atoms with Crippen molar-refractivity contribution in [1.82, 2.24) is 5.32 Å². The first kappa shape index (κ1) is 14.8. The molecule has 0 unspecified atom stereocenters. The van der Waals surface area contributed by atoms with Crippen LogP contribution < -0.4 is 5.32 Å². The van der Waals surface area contributed by atoms with Gasteiger partial charge in [-0.3, -0.25) is 4.79 Å². The molecule has 3 nitrogen and oxygen atoms in total. The first-order valence-electron chi connectivity index (χ1n) is 6.27. The van der Waals surface area contributed by atoms with Crippen molar-refractivity contribution in [3.05, 3.63) is 0 Å². The minimum absolute atomic E-state index is 0. The van der Waals surface area contributed by atoms with Gasteiger partial charge in [-0.25, -0.2) is 0 Å². The number of hydrogen-bond acceptors (Lipinski definition) is 3. The number of piperidine rings is 1. The zero-order valence-electron chi connectivity index (χ0n) is 11.2. The van der Waals surface area contributed by atoms with Gasteiger partial charge < -0.3 is 10.1 Å². The Bertz CT molecular complexity index is 282. The van der Waals surface area contributed by atoms with E-state index in [9.17, 15) is 4.79 Å². The smallest absolute Gasteiger partial charge is 0.309 e. The molecule has 1 N–H and O–H groups in total. The molecule has 0 bridgehead atoms. The maximum Gasteiger partial charge on any atom is 0.309 e. The Balaban J connectivity index is 0.00000144. The minimum Gasteiger partial charge on any atom is -0.462 e. The summed E-state index contributed by atoms with van der Waals surface area (Å²) in [5.41, 5.74) is 0.104. The molecule has 0 radical (unpaired) electrons. The number of halogens is 1. The molecule has 2 aliphatic rings. The van der Waals surface area contributed by atoms with E-state index in [4.69, 9.17) is 4.74 Å². The second-order valence-electron chi connectivity index (χ2n) is 6.63. The SMILES string of the molecule is CC1(C)CC(OC(=O)C2CC2)CC(C)(C)N1.Cl.